The second-order valence-electron chi connectivity index (χ2n) is 8.49. The fraction of sp³-hybridized carbons (Fsp3) is 0.276. The Morgan fingerprint density at radius 1 is 0.974 bits per heavy atom. The third kappa shape index (κ3) is 7.05. The van der Waals surface area contributed by atoms with Crippen molar-refractivity contribution in [3.05, 3.63) is 103 Å². The minimum Gasteiger partial charge on any atom is -0.422 e. The van der Waals surface area contributed by atoms with Gasteiger partial charge in [0.15, 0.2) is 0 Å². The average molecular weight is 590 g/mol. The van der Waals surface area contributed by atoms with E-state index in [-0.39, 0.29) is 31.1 Å². The van der Waals surface area contributed by atoms with Gasteiger partial charge in [0.2, 0.25) is 0 Å². The zero-order valence-corrected chi connectivity index (χ0v) is 24.0. The molecule has 4 rings (SSSR count). The van der Waals surface area contributed by atoms with Crippen LogP contribution in [0.3, 0.4) is 0 Å². The number of hydrogen-bond acceptors (Lipinski definition) is 6. The number of thiophene rings is 1. The summed E-state index contributed by atoms with van der Waals surface area (Å²) in [4.78, 5) is 17.6. The van der Waals surface area contributed by atoms with Gasteiger partial charge in [0.05, 0.1) is 16.9 Å². The van der Waals surface area contributed by atoms with Crippen LogP contribution in [0.25, 0.3) is 0 Å². The van der Waals surface area contributed by atoms with Crippen molar-refractivity contribution < 1.29 is 14.3 Å². The molecule has 0 N–H and O–H groups in total. The van der Waals surface area contributed by atoms with Gasteiger partial charge in [-0.3, -0.25) is 4.79 Å². The molecule has 198 valence electrons. The van der Waals surface area contributed by atoms with Crippen molar-refractivity contribution in [3.63, 3.8) is 0 Å². The van der Waals surface area contributed by atoms with E-state index >= 15 is 0 Å². The number of halogens is 3. The Morgan fingerprint density at radius 3 is 2.13 bits per heavy atom. The summed E-state index contributed by atoms with van der Waals surface area (Å²) in [5, 5.41) is 1.28. The van der Waals surface area contributed by atoms with Gasteiger partial charge in [-0.05, 0) is 54.4 Å². The summed E-state index contributed by atoms with van der Waals surface area (Å²) in [7, 11) is 0. The first-order chi connectivity index (χ1) is 18.4. The summed E-state index contributed by atoms with van der Waals surface area (Å²) in [6.07, 6.45) is 3.06. The Morgan fingerprint density at radius 2 is 1.61 bits per heavy atom. The van der Waals surface area contributed by atoms with Crippen molar-refractivity contribution in [3.8, 4) is 11.8 Å². The molecule has 9 heteroatoms. The number of benzene rings is 2. The number of carbonyl (C=O) groups excluding carboxylic acids is 1. The molecule has 0 bridgehead atoms. The SMILES string of the molecule is CC#CCOC(CN1C=CN(C(c2ccc(Cl)cc2)c2ccc(Cl)cc2)C1OC(=O)CC)c1ccc(Cl)s1. The standard InChI is InChI=1S/C29H27Cl3N2O3S/c1-3-5-18-36-24(25-14-15-26(32)38-25)19-33-16-17-34(29(33)37-27(35)4-2)28(20-6-10-22(30)11-7-20)21-8-12-23(31)13-9-21/h6-17,24,28-29H,4,18-19H2,1-2H3. The molecule has 38 heavy (non-hydrogen) atoms. The van der Waals surface area contributed by atoms with Gasteiger partial charge in [-0.15, -0.1) is 17.3 Å². The van der Waals surface area contributed by atoms with E-state index in [0.29, 0.717) is 20.9 Å². The van der Waals surface area contributed by atoms with Gasteiger partial charge in [0.1, 0.15) is 12.7 Å². The number of hydrogen-bond donors (Lipinski definition) is 0. The number of nitrogens with zero attached hydrogens (tertiary/aromatic N) is 2. The molecule has 0 spiro atoms. The smallest absolute Gasteiger partial charge is 0.308 e. The van der Waals surface area contributed by atoms with E-state index < -0.39 is 6.35 Å². The van der Waals surface area contributed by atoms with Crippen molar-refractivity contribution in [2.45, 2.75) is 38.8 Å². The molecule has 3 aromatic rings. The molecular formula is C29H27Cl3N2O3S. The van der Waals surface area contributed by atoms with Crippen LogP contribution in [0.1, 0.15) is 48.4 Å². The number of esters is 1. The Kier molecular flexibility index (Phi) is 10.0. The number of rotatable bonds is 10. The van der Waals surface area contributed by atoms with E-state index in [0.717, 1.165) is 16.0 Å². The van der Waals surface area contributed by atoms with Crippen molar-refractivity contribution in [1.29, 1.82) is 0 Å². The molecule has 1 aliphatic rings. The van der Waals surface area contributed by atoms with E-state index in [1.165, 1.54) is 11.3 Å². The highest BCUT2D eigenvalue weighted by Crippen LogP contribution is 2.37. The summed E-state index contributed by atoms with van der Waals surface area (Å²) < 4.78 is 12.8. The lowest BCUT2D eigenvalue weighted by Crippen LogP contribution is -2.45. The predicted octanol–water partition coefficient (Wildman–Crippen LogP) is 7.90. The normalized spacial score (nSPS) is 15.5. The van der Waals surface area contributed by atoms with Crippen LogP contribution in [0.2, 0.25) is 14.4 Å². The molecule has 0 radical (unpaired) electrons. The van der Waals surface area contributed by atoms with Gasteiger partial charge >= 0.3 is 5.97 Å². The third-order valence-electron chi connectivity index (χ3n) is 5.99. The van der Waals surface area contributed by atoms with Gasteiger partial charge in [-0.25, -0.2) is 0 Å². The molecule has 2 atom stereocenters. The monoisotopic (exact) mass is 588 g/mol. The van der Waals surface area contributed by atoms with E-state index in [4.69, 9.17) is 44.3 Å². The largest absolute Gasteiger partial charge is 0.422 e. The maximum absolute atomic E-state index is 12.6. The van der Waals surface area contributed by atoms with Crippen LogP contribution < -0.4 is 0 Å². The van der Waals surface area contributed by atoms with Crippen LogP contribution in [0, 0.1) is 11.8 Å². The first-order valence-electron chi connectivity index (χ1n) is 12.1. The molecule has 2 unspecified atom stereocenters. The summed E-state index contributed by atoms with van der Waals surface area (Å²) in [5.41, 5.74) is 1.97. The fourth-order valence-electron chi connectivity index (χ4n) is 4.13. The predicted molar refractivity (Wildman–Crippen MR) is 154 cm³/mol. The van der Waals surface area contributed by atoms with Crippen molar-refractivity contribution in [2.24, 2.45) is 0 Å². The van der Waals surface area contributed by atoms with Gasteiger partial charge in [0, 0.05) is 33.7 Å². The molecule has 1 aliphatic heterocycles. The molecule has 0 aliphatic carbocycles. The molecule has 0 saturated heterocycles. The van der Waals surface area contributed by atoms with Crippen molar-refractivity contribution in [1.82, 2.24) is 9.80 Å². The highest BCUT2D eigenvalue weighted by atomic mass is 35.5. The summed E-state index contributed by atoms with van der Waals surface area (Å²) >= 11 is 20.1. The Hall–Kier alpha value is -2.66. The lowest BCUT2D eigenvalue weighted by molar-refractivity contribution is -0.172. The maximum Gasteiger partial charge on any atom is 0.308 e. The number of ether oxygens (including phenoxy) is 2. The maximum atomic E-state index is 12.6. The van der Waals surface area contributed by atoms with Crippen LogP contribution in [-0.4, -0.2) is 35.3 Å². The first kappa shape index (κ1) is 28.4. The minimum atomic E-state index is -0.711. The van der Waals surface area contributed by atoms with Crippen molar-refractivity contribution >= 4 is 52.1 Å². The molecule has 0 amide bonds. The van der Waals surface area contributed by atoms with Gasteiger partial charge in [-0.1, -0.05) is 71.9 Å². The zero-order valence-electron chi connectivity index (χ0n) is 20.9. The Labute approximate surface area is 242 Å². The van der Waals surface area contributed by atoms with Gasteiger partial charge < -0.3 is 19.3 Å². The first-order valence-corrected chi connectivity index (χ1v) is 14.0. The number of carbonyl (C=O) groups is 1. The van der Waals surface area contributed by atoms with Crippen molar-refractivity contribution in [2.75, 3.05) is 13.2 Å². The zero-order chi connectivity index (χ0) is 27.1. The highest BCUT2D eigenvalue weighted by molar-refractivity contribution is 7.16. The lowest BCUT2D eigenvalue weighted by atomic mass is 9.97. The van der Waals surface area contributed by atoms with E-state index in [9.17, 15) is 4.79 Å². The van der Waals surface area contributed by atoms with Crippen LogP contribution >= 0.6 is 46.1 Å². The third-order valence-corrected chi connectivity index (χ3v) is 7.81. The molecule has 0 fully saturated rings. The summed E-state index contributed by atoms with van der Waals surface area (Å²) in [6, 6.07) is 18.8. The van der Waals surface area contributed by atoms with E-state index in [1.807, 2.05) is 82.9 Å². The molecule has 2 aromatic carbocycles. The van der Waals surface area contributed by atoms with Gasteiger partial charge in [0.25, 0.3) is 6.35 Å². The average Bonchev–Trinajstić information content (AvgIpc) is 3.52. The quantitative estimate of drug-likeness (QED) is 0.178. The second-order valence-corrected chi connectivity index (χ2v) is 11.1. The molecule has 1 aromatic heterocycles. The van der Waals surface area contributed by atoms with Crippen LogP contribution in [0.4, 0.5) is 0 Å². The Bertz CT molecular complexity index is 1270. The van der Waals surface area contributed by atoms with E-state index in [2.05, 4.69) is 11.8 Å². The lowest BCUT2D eigenvalue weighted by Gasteiger charge is -2.38. The molecular weight excluding hydrogens is 563 g/mol. The highest BCUT2D eigenvalue weighted by Gasteiger charge is 2.37. The van der Waals surface area contributed by atoms with E-state index in [1.54, 1.807) is 13.8 Å². The molecule has 2 heterocycles. The molecule has 5 nitrogen and oxygen atoms in total. The minimum absolute atomic E-state index is 0.247. The topological polar surface area (TPSA) is 42.0 Å². The fourth-order valence-corrected chi connectivity index (χ4v) is 5.49. The summed E-state index contributed by atoms with van der Waals surface area (Å²) in [6.45, 7) is 4.24. The second kappa shape index (κ2) is 13.4. The molecule has 0 saturated carbocycles. The summed E-state index contributed by atoms with van der Waals surface area (Å²) in [5.74, 6) is 5.51. The van der Waals surface area contributed by atoms with Crippen LogP contribution in [0.15, 0.2) is 73.1 Å². The van der Waals surface area contributed by atoms with Crippen LogP contribution in [-0.2, 0) is 14.3 Å². The van der Waals surface area contributed by atoms with Gasteiger partial charge in [-0.2, -0.15) is 0 Å². The Balaban J connectivity index is 1.69. The van der Waals surface area contributed by atoms with Crippen LogP contribution in [0.5, 0.6) is 0 Å².